The van der Waals surface area contributed by atoms with Crippen molar-refractivity contribution in [1.29, 1.82) is 0 Å². The first-order valence-electron chi connectivity index (χ1n) is 7.25. The molecule has 0 aliphatic heterocycles. The van der Waals surface area contributed by atoms with Crippen LogP contribution in [-0.4, -0.2) is 11.5 Å². The van der Waals surface area contributed by atoms with E-state index in [0.29, 0.717) is 5.69 Å². The van der Waals surface area contributed by atoms with Crippen molar-refractivity contribution in [1.82, 2.24) is 10.3 Å². The zero-order valence-corrected chi connectivity index (χ0v) is 12.1. The number of nitrogens with one attached hydrogen (secondary N) is 1. The molecule has 0 aliphatic rings. The molecule has 0 radical (unpaired) electrons. The summed E-state index contributed by atoms with van der Waals surface area (Å²) < 4.78 is 37.5. The number of halogens is 3. The van der Waals surface area contributed by atoms with Gasteiger partial charge in [-0.05, 0) is 31.5 Å². The third-order valence-corrected chi connectivity index (χ3v) is 3.21. The molecule has 0 aromatic carbocycles. The van der Waals surface area contributed by atoms with Gasteiger partial charge in [-0.1, -0.05) is 33.1 Å². The van der Waals surface area contributed by atoms with E-state index in [2.05, 4.69) is 24.1 Å². The van der Waals surface area contributed by atoms with Gasteiger partial charge < -0.3 is 5.32 Å². The van der Waals surface area contributed by atoms with Gasteiger partial charge in [0, 0.05) is 12.2 Å². The molecule has 1 unspecified atom stereocenters. The average molecular weight is 288 g/mol. The Morgan fingerprint density at radius 2 is 1.90 bits per heavy atom. The van der Waals surface area contributed by atoms with E-state index in [1.54, 1.807) is 0 Å². The predicted molar refractivity (Wildman–Crippen MR) is 74.4 cm³/mol. The molecule has 1 aromatic rings. The fraction of sp³-hybridized carbons (Fsp3) is 0.667. The largest absolute Gasteiger partial charge is 0.417 e. The zero-order chi connectivity index (χ0) is 15.0. The summed E-state index contributed by atoms with van der Waals surface area (Å²) in [5.41, 5.74) is 0.00611. The summed E-state index contributed by atoms with van der Waals surface area (Å²) in [5, 5.41) is 3.36. The van der Waals surface area contributed by atoms with Crippen LogP contribution in [0.2, 0.25) is 0 Å². The van der Waals surface area contributed by atoms with Gasteiger partial charge in [-0.2, -0.15) is 13.2 Å². The number of rotatable bonds is 8. The van der Waals surface area contributed by atoms with Crippen LogP contribution in [0.4, 0.5) is 13.2 Å². The van der Waals surface area contributed by atoms with Gasteiger partial charge in [-0.15, -0.1) is 0 Å². The maximum Gasteiger partial charge on any atom is 0.417 e. The molecule has 2 nitrogen and oxygen atoms in total. The van der Waals surface area contributed by atoms with Gasteiger partial charge >= 0.3 is 6.18 Å². The quantitative estimate of drug-likeness (QED) is 0.700. The molecule has 0 spiro atoms. The molecule has 1 rings (SSSR count). The Balaban J connectivity index is 2.73. The Labute approximate surface area is 118 Å². The highest BCUT2D eigenvalue weighted by molar-refractivity contribution is 5.19. The van der Waals surface area contributed by atoms with Gasteiger partial charge in [0.05, 0.1) is 11.3 Å². The lowest BCUT2D eigenvalue weighted by Gasteiger charge is -2.18. The average Bonchev–Trinajstić information content (AvgIpc) is 2.42. The molecule has 1 atom stereocenters. The summed E-state index contributed by atoms with van der Waals surface area (Å²) in [6.07, 6.45) is 1.82. The van der Waals surface area contributed by atoms with E-state index in [1.165, 1.54) is 6.07 Å². The Hall–Kier alpha value is -1.10. The minimum Gasteiger partial charge on any atom is -0.309 e. The van der Waals surface area contributed by atoms with Crippen molar-refractivity contribution in [2.45, 2.75) is 58.2 Å². The second-order valence-corrected chi connectivity index (χ2v) is 4.97. The predicted octanol–water partition coefficient (Wildman–Crippen LogP) is 4.72. The lowest BCUT2D eigenvalue weighted by Crippen LogP contribution is -2.23. The van der Waals surface area contributed by atoms with Crippen molar-refractivity contribution in [3.8, 4) is 0 Å². The first-order chi connectivity index (χ1) is 9.49. The number of hydrogen-bond acceptors (Lipinski definition) is 2. The molecule has 0 amide bonds. The van der Waals surface area contributed by atoms with Crippen LogP contribution in [0.5, 0.6) is 0 Å². The summed E-state index contributed by atoms with van der Waals surface area (Å²) in [7, 11) is 0. The van der Waals surface area contributed by atoms with Crippen LogP contribution in [0.3, 0.4) is 0 Å². The Kier molecular flexibility index (Phi) is 6.99. The normalized spacial score (nSPS) is 13.4. The fourth-order valence-electron chi connectivity index (χ4n) is 2.05. The molecular formula is C15H23F3N2. The second-order valence-electron chi connectivity index (χ2n) is 4.97. The molecule has 1 N–H and O–H groups in total. The highest BCUT2D eigenvalue weighted by atomic mass is 19.4. The summed E-state index contributed by atoms with van der Waals surface area (Å²) in [6.45, 7) is 5.04. The molecule has 0 fully saturated rings. The van der Waals surface area contributed by atoms with Crippen LogP contribution in [-0.2, 0) is 6.18 Å². The number of nitrogens with zero attached hydrogens (tertiary/aromatic N) is 1. The smallest absolute Gasteiger partial charge is 0.309 e. The van der Waals surface area contributed by atoms with E-state index in [-0.39, 0.29) is 6.04 Å². The van der Waals surface area contributed by atoms with Gasteiger partial charge in [0.15, 0.2) is 0 Å². The molecule has 0 aliphatic carbocycles. The number of unbranched alkanes of at least 4 members (excludes halogenated alkanes) is 2. The van der Waals surface area contributed by atoms with Crippen molar-refractivity contribution >= 4 is 0 Å². The Bertz CT molecular complexity index is 374. The van der Waals surface area contributed by atoms with E-state index >= 15 is 0 Å². The van der Waals surface area contributed by atoms with Gasteiger partial charge in [0.1, 0.15) is 0 Å². The molecule has 0 saturated carbocycles. The van der Waals surface area contributed by atoms with Gasteiger partial charge in [-0.25, -0.2) is 0 Å². The minimum absolute atomic E-state index is 0.0452. The van der Waals surface area contributed by atoms with Crippen LogP contribution in [0.15, 0.2) is 18.3 Å². The third kappa shape index (κ3) is 5.49. The van der Waals surface area contributed by atoms with Gasteiger partial charge in [-0.3, -0.25) is 4.98 Å². The molecular weight excluding hydrogens is 265 g/mol. The molecule has 114 valence electrons. The summed E-state index contributed by atoms with van der Waals surface area (Å²) in [4.78, 5) is 3.99. The number of pyridine rings is 1. The second kappa shape index (κ2) is 8.25. The van der Waals surface area contributed by atoms with E-state index < -0.39 is 11.7 Å². The van der Waals surface area contributed by atoms with Crippen molar-refractivity contribution in [2.24, 2.45) is 0 Å². The Morgan fingerprint density at radius 3 is 2.40 bits per heavy atom. The van der Waals surface area contributed by atoms with Crippen LogP contribution >= 0.6 is 0 Å². The minimum atomic E-state index is -4.32. The molecule has 1 aromatic heterocycles. The van der Waals surface area contributed by atoms with E-state index in [1.807, 2.05) is 0 Å². The highest BCUT2D eigenvalue weighted by Gasteiger charge is 2.30. The molecule has 20 heavy (non-hydrogen) atoms. The lowest BCUT2D eigenvalue weighted by atomic mass is 10.0. The molecule has 0 bridgehead atoms. The van der Waals surface area contributed by atoms with Crippen molar-refractivity contribution < 1.29 is 13.2 Å². The van der Waals surface area contributed by atoms with Crippen LogP contribution in [0.1, 0.15) is 63.3 Å². The standard InChI is InChI=1S/C15H23F3N2/c1-3-5-6-7-13(19-10-4-2)14-9-8-12(11-20-14)15(16,17)18/h8-9,11,13,19H,3-7,10H2,1-2H3. The van der Waals surface area contributed by atoms with Crippen molar-refractivity contribution in [3.63, 3.8) is 0 Å². The number of aromatic nitrogens is 1. The van der Waals surface area contributed by atoms with Crippen molar-refractivity contribution in [3.05, 3.63) is 29.6 Å². The number of hydrogen-bond donors (Lipinski definition) is 1. The third-order valence-electron chi connectivity index (χ3n) is 3.21. The molecule has 1 heterocycles. The first kappa shape index (κ1) is 17.0. The van der Waals surface area contributed by atoms with Crippen LogP contribution in [0.25, 0.3) is 0 Å². The zero-order valence-electron chi connectivity index (χ0n) is 12.1. The van der Waals surface area contributed by atoms with E-state index in [4.69, 9.17) is 0 Å². The van der Waals surface area contributed by atoms with E-state index in [9.17, 15) is 13.2 Å². The Morgan fingerprint density at radius 1 is 1.15 bits per heavy atom. The SMILES string of the molecule is CCCCCC(NCCC)c1ccc(C(F)(F)F)cn1. The molecule has 0 saturated heterocycles. The summed E-state index contributed by atoms with van der Waals surface area (Å²) >= 11 is 0. The highest BCUT2D eigenvalue weighted by Crippen LogP contribution is 2.29. The van der Waals surface area contributed by atoms with Crippen LogP contribution < -0.4 is 5.32 Å². The monoisotopic (exact) mass is 288 g/mol. The summed E-state index contributed by atoms with van der Waals surface area (Å²) in [5.74, 6) is 0. The van der Waals surface area contributed by atoms with Crippen molar-refractivity contribution in [2.75, 3.05) is 6.54 Å². The van der Waals surface area contributed by atoms with Gasteiger partial charge in [0.25, 0.3) is 0 Å². The van der Waals surface area contributed by atoms with Crippen LogP contribution in [0, 0.1) is 0 Å². The first-order valence-corrected chi connectivity index (χ1v) is 7.25. The lowest BCUT2D eigenvalue weighted by molar-refractivity contribution is -0.137. The van der Waals surface area contributed by atoms with E-state index in [0.717, 1.165) is 50.9 Å². The topological polar surface area (TPSA) is 24.9 Å². The maximum absolute atomic E-state index is 12.5. The van der Waals surface area contributed by atoms with Gasteiger partial charge in [0.2, 0.25) is 0 Å². The maximum atomic E-state index is 12.5. The summed E-state index contributed by atoms with van der Waals surface area (Å²) in [6, 6.07) is 2.65. The number of alkyl halides is 3. The molecule has 5 heteroatoms. The fourth-order valence-corrected chi connectivity index (χ4v) is 2.05.